The largest absolute Gasteiger partial charge is 0.443 e. The van der Waals surface area contributed by atoms with Crippen molar-refractivity contribution in [1.29, 1.82) is 0 Å². The molecule has 2 amide bonds. The van der Waals surface area contributed by atoms with Crippen LogP contribution in [0.25, 0.3) is 0 Å². The van der Waals surface area contributed by atoms with E-state index in [0.717, 1.165) is 4.90 Å². The van der Waals surface area contributed by atoms with E-state index in [0.29, 0.717) is 12.1 Å². The van der Waals surface area contributed by atoms with Crippen molar-refractivity contribution in [3.63, 3.8) is 0 Å². The lowest BCUT2D eigenvalue weighted by molar-refractivity contribution is -0.107. The van der Waals surface area contributed by atoms with Crippen LogP contribution >= 0.6 is 0 Å². The first-order chi connectivity index (χ1) is 7.44. The van der Waals surface area contributed by atoms with Gasteiger partial charge in [-0.2, -0.15) is 0 Å². The van der Waals surface area contributed by atoms with Crippen LogP contribution in [0.1, 0.15) is 20.8 Å². The summed E-state index contributed by atoms with van der Waals surface area (Å²) in [6, 6.07) is 8.63. The number of rotatable bonds is 2. The summed E-state index contributed by atoms with van der Waals surface area (Å²) in [6.45, 7) is 5.25. The lowest BCUT2D eigenvalue weighted by atomic mass is 10.2. The minimum absolute atomic E-state index is 0.448. The summed E-state index contributed by atoms with van der Waals surface area (Å²) in [6.07, 6.45) is -0.225. The number of ether oxygens (including phenoxy) is 1. The Morgan fingerprint density at radius 2 is 1.81 bits per heavy atom. The average molecular weight is 221 g/mol. The number of imide groups is 1. The fraction of sp³-hybridized carbons (Fsp3) is 0.333. The van der Waals surface area contributed by atoms with Gasteiger partial charge in [0.05, 0.1) is 5.69 Å². The molecule has 0 atom stereocenters. The molecule has 0 unspecified atom stereocenters. The van der Waals surface area contributed by atoms with Crippen molar-refractivity contribution in [1.82, 2.24) is 0 Å². The number of carbonyl (C=O) groups excluding carboxylic acids is 2. The molecule has 4 heteroatoms. The van der Waals surface area contributed by atoms with Crippen molar-refractivity contribution in [3.05, 3.63) is 30.3 Å². The van der Waals surface area contributed by atoms with E-state index in [9.17, 15) is 9.59 Å². The Hall–Kier alpha value is -1.84. The summed E-state index contributed by atoms with van der Waals surface area (Å²) >= 11 is 0. The van der Waals surface area contributed by atoms with Gasteiger partial charge in [-0.3, -0.25) is 4.79 Å². The quantitative estimate of drug-likeness (QED) is 0.721. The Balaban J connectivity index is 2.84. The summed E-state index contributed by atoms with van der Waals surface area (Å²) in [4.78, 5) is 23.5. The van der Waals surface area contributed by atoms with Crippen LogP contribution in [0.3, 0.4) is 0 Å². The Labute approximate surface area is 94.8 Å². The van der Waals surface area contributed by atoms with E-state index in [1.807, 2.05) is 6.07 Å². The predicted octanol–water partition coefficient (Wildman–Crippen LogP) is 2.58. The smallest absolute Gasteiger partial charge is 0.421 e. The van der Waals surface area contributed by atoms with Crippen LogP contribution in [0.4, 0.5) is 10.5 Å². The second kappa shape index (κ2) is 4.79. The lowest BCUT2D eigenvalue weighted by Crippen LogP contribution is -2.35. The standard InChI is InChI=1S/C12H15NO3/c1-12(2,3)16-11(15)13(9-14)10-7-5-4-6-8-10/h4-9H,1-3H3. The first-order valence-corrected chi connectivity index (χ1v) is 4.96. The number of benzene rings is 1. The van der Waals surface area contributed by atoms with E-state index >= 15 is 0 Å². The van der Waals surface area contributed by atoms with Gasteiger partial charge in [0.15, 0.2) is 0 Å². The normalized spacial score (nSPS) is 10.7. The SMILES string of the molecule is CC(C)(C)OC(=O)N(C=O)c1ccccc1. The van der Waals surface area contributed by atoms with Gasteiger partial charge < -0.3 is 4.74 Å². The van der Waals surface area contributed by atoms with E-state index in [-0.39, 0.29) is 0 Å². The van der Waals surface area contributed by atoms with Crippen LogP contribution < -0.4 is 4.90 Å². The summed E-state index contributed by atoms with van der Waals surface area (Å²) < 4.78 is 5.10. The molecule has 1 aromatic rings. The van der Waals surface area contributed by atoms with Crippen molar-refractivity contribution in [2.24, 2.45) is 0 Å². The maximum atomic E-state index is 11.7. The topological polar surface area (TPSA) is 46.6 Å². The van der Waals surface area contributed by atoms with Gasteiger partial charge >= 0.3 is 6.09 Å². The first-order valence-electron chi connectivity index (χ1n) is 4.96. The molecule has 86 valence electrons. The number of para-hydroxylation sites is 1. The van der Waals surface area contributed by atoms with Gasteiger partial charge in [-0.25, -0.2) is 9.69 Å². The fourth-order valence-corrected chi connectivity index (χ4v) is 1.11. The Bertz CT molecular complexity index is 368. The van der Waals surface area contributed by atoms with Crippen LogP contribution in [0, 0.1) is 0 Å². The number of nitrogens with zero attached hydrogens (tertiary/aromatic N) is 1. The summed E-state index contributed by atoms with van der Waals surface area (Å²) in [5.74, 6) is 0. The molecule has 0 fully saturated rings. The zero-order valence-corrected chi connectivity index (χ0v) is 9.64. The molecule has 0 aliphatic carbocycles. The Morgan fingerprint density at radius 1 is 1.25 bits per heavy atom. The number of carbonyl (C=O) groups is 2. The molecule has 1 aromatic carbocycles. The van der Waals surface area contributed by atoms with Crippen molar-refractivity contribution in [2.75, 3.05) is 4.90 Å². The molecular formula is C12H15NO3. The van der Waals surface area contributed by atoms with Crippen molar-refractivity contribution in [2.45, 2.75) is 26.4 Å². The van der Waals surface area contributed by atoms with E-state index in [4.69, 9.17) is 4.74 Å². The second-order valence-corrected chi connectivity index (χ2v) is 4.29. The zero-order chi connectivity index (χ0) is 12.2. The zero-order valence-electron chi connectivity index (χ0n) is 9.64. The van der Waals surface area contributed by atoms with Crippen LogP contribution in [-0.4, -0.2) is 18.1 Å². The van der Waals surface area contributed by atoms with Crippen LogP contribution in [-0.2, 0) is 9.53 Å². The van der Waals surface area contributed by atoms with Crippen LogP contribution in [0.15, 0.2) is 30.3 Å². The van der Waals surface area contributed by atoms with E-state index in [1.54, 1.807) is 45.0 Å². The van der Waals surface area contributed by atoms with Gasteiger partial charge in [-0.15, -0.1) is 0 Å². The molecule has 0 aromatic heterocycles. The molecule has 0 aliphatic rings. The molecule has 0 saturated carbocycles. The van der Waals surface area contributed by atoms with Crippen molar-refractivity contribution >= 4 is 18.2 Å². The first kappa shape index (κ1) is 12.2. The monoisotopic (exact) mass is 221 g/mol. The molecule has 0 N–H and O–H groups in total. The minimum Gasteiger partial charge on any atom is -0.443 e. The van der Waals surface area contributed by atoms with Gasteiger partial charge in [-0.05, 0) is 32.9 Å². The highest BCUT2D eigenvalue weighted by atomic mass is 16.6. The fourth-order valence-electron chi connectivity index (χ4n) is 1.11. The highest BCUT2D eigenvalue weighted by molar-refractivity contribution is 6.03. The molecule has 4 nitrogen and oxygen atoms in total. The third kappa shape index (κ3) is 3.38. The molecule has 16 heavy (non-hydrogen) atoms. The second-order valence-electron chi connectivity index (χ2n) is 4.29. The highest BCUT2D eigenvalue weighted by Crippen LogP contribution is 2.16. The minimum atomic E-state index is -0.672. The maximum absolute atomic E-state index is 11.7. The van der Waals surface area contributed by atoms with E-state index in [1.165, 1.54) is 0 Å². The van der Waals surface area contributed by atoms with Crippen LogP contribution in [0.5, 0.6) is 0 Å². The number of anilines is 1. The maximum Gasteiger partial charge on any atom is 0.421 e. The van der Waals surface area contributed by atoms with Crippen LogP contribution in [0.2, 0.25) is 0 Å². The third-order valence-electron chi connectivity index (χ3n) is 1.73. The highest BCUT2D eigenvalue weighted by Gasteiger charge is 2.22. The van der Waals surface area contributed by atoms with E-state index < -0.39 is 11.7 Å². The van der Waals surface area contributed by atoms with Crippen molar-refractivity contribution in [3.8, 4) is 0 Å². The molecule has 0 bridgehead atoms. The summed E-state index contributed by atoms with van der Waals surface area (Å²) in [5, 5.41) is 0. The van der Waals surface area contributed by atoms with Gasteiger partial charge in [0, 0.05) is 0 Å². The van der Waals surface area contributed by atoms with Gasteiger partial charge in [-0.1, -0.05) is 18.2 Å². The molecule has 0 radical (unpaired) electrons. The summed E-state index contributed by atoms with van der Waals surface area (Å²) in [5.41, 5.74) is -0.126. The molecule has 0 saturated heterocycles. The molecule has 0 aliphatic heterocycles. The Kier molecular flexibility index (Phi) is 3.66. The van der Waals surface area contributed by atoms with Gasteiger partial charge in [0.2, 0.25) is 6.41 Å². The molecule has 0 spiro atoms. The molecule has 0 heterocycles. The lowest BCUT2D eigenvalue weighted by Gasteiger charge is -2.23. The average Bonchev–Trinajstić information content (AvgIpc) is 2.17. The van der Waals surface area contributed by atoms with Crippen molar-refractivity contribution < 1.29 is 14.3 Å². The summed E-state index contributed by atoms with van der Waals surface area (Å²) in [7, 11) is 0. The Morgan fingerprint density at radius 3 is 2.25 bits per heavy atom. The van der Waals surface area contributed by atoms with E-state index in [2.05, 4.69) is 0 Å². The molecular weight excluding hydrogens is 206 g/mol. The van der Waals surface area contributed by atoms with Gasteiger partial charge in [0.1, 0.15) is 5.60 Å². The number of hydrogen-bond donors (Lipinski definition) is 0. The number of amides is 2. The number of hydrogen-bond acceptors (Lipinski definition) is 3. The van der Waals surface area contributed by atoms with Gasteiger partial charge in [0.25, 0.3) is 0 Å². The predicted molar refractivity (Wildman–Crippen MR) is 61.2 cm³/mol. The molecule has 1 rings (SSSR count). The third-order valence-corrected chi connectivity index (χ3v) is 1.73.